The van der Waals surface area contributed by atoms with Crippen molar-refractivity contribution < 1.29 is 42.6 Å². The summed E-state index contributed by atoms with van der Waals surface area (Å²) in [6.45, 7) is 15.9. The normalized spacial score (nSPS) is 10.4. The number of ether oxygens (including phenoxy) is 9. The molecule has 17 nitrogen and oxygen atoms in total. The monoisotopic (exact) mass is 665 g/mol. The summed E-state index contributed by atoms with van der Waals surface area (Å²) in [6, 6.07) is 0. The lowest BCUT2D eigenvalue weighted by molar-refractivity contribution is 0.0143. The van der Waals surface area contributed by atoms with Gasteiger partial charge in [0, 0.05) is 52.5 Å². The molecule has 0 saturated carbocycles. The summed E-state index contributed by atoms with van der Waals surface area (Å²) in [5, 5.41) is 0. The SMILES string of the molecule is NCCCOCCOCCOCCCN.NCCOCCN.NCCOCCOCCN.NCCOCCOCCOCCN. The Morgan fingerprint density at radius 3 is 0.511 bits per heavy atom. The highest BCUT2D eigenvalue weighted by Gasteiger charge is 1.92. The van der Waals surface area contributed by atoms with Crippen LogP contribution >= 0.6 is 0 Å². The highest BCUT2D eigenvalue weighted by Crippen LogP contribution is 1.84. The van der Waals surface area contributed by atoms with Crippen molar-refractivity contribution in [3.63, 3.8) is 0 Å². The standard InChI is InChI=1S/C10H24N2O3.C8H20N2O3.C6H16N2O2.C4H12N2O/c11-3-1-5-13-7-9-15-10-8-14-6-2-4-12;9-1-3-11-5-7-13-8-6-12-4-2-10;7-1-3-9-5-6-10-4-2-8;5-1-3-7-4-2-6/h1-12H2;1-10H2;1-8H2;1-6H2. The van der Waals surface area contributed by atoms with Crippen LogP contribution in [0, 0.1) is 0 Å². The second kappa shape index (κ2) is 58.8. The van der Waals surface area contributed by atoms with Crippen LogP contribution in [0.15, 0.2) is 0 Å². The molecular weight excluding hydrogens is 592 g/mol. The van der Waals surface area contributed by atoms with Gasteiger partial charge in [-0.3, -0.25) is 0 Å². The maximum absolute atomic E-state index is 5.31. The molecule has 0 amide bonds. The van der Waals surface area contributed by atoms with E-state index in [0.717, 1.165) is 12.8 Å². The third-order valence-electron chi connectivity index (χ3n) is 4.42. The van der Waals surface area contributed by atoms with E-state index in [1.54, 1.807) is 0 Å². The van der Waals surface area contributed by atoms with Gasteiger partial charge in [-0.1, -0.05) is 0 Å². The highest BCUT2D eigenvalue weighted by atomic mass is 16.6. The summed E-state index contributed by atoms with van der Waals surface area (Å²) < 4.78 is 46.1. The van der Waals surface area contributed by atoms with Crippen molar-refractivity contribution in [2.24, 2.45) is 45.9 Å². The average Bonchev–Trinajstić information content (AvgIpc) is 3.06. The van der Waals surface area contributed by atoms with Crippen molar-refractivity contribution in [2.45, 2.75) is 12.8 Å². The molecule has 0 radical (unpaired) electrons. The van der Waals surface area contributed by atoms with E-state index < -0.39 is 0 Å². The van der Waals surface area contributed by atoms with Crippen LogP contribution in [-0.2, 0) is 42.6 Å². The van der Waals surface area contributed by atoms with Crippen molar-refractivity contribution in [2.75, 3.05) is 171 Å². The van der Waals surface area contributed by atoms with Gasteiger partial charge >= 0.3 is 0 Å². The first-order valence-electron chi connectivity index (χ1n) is 16.0. The van der Waals surface area contributed by atoms with Crippen LogP contribution in [0.25, 0.3) is 0 Å². The maximum atomic E-state index is 5.31. The first-order valence-corrected chi connectivity index (χ1v) is 16.0. The predicted molar refractivity (Wildman–Crippen MR) is 179 cm³/mol. The molecule has 45 heavy (non-hydrogen) atoms. The fraction of sp³-hybridized carbons (Fsp3) is 1.00. The molecule has 0 unspecified atom stereocenters. The lowest BCUT2D eigenvalue weighted by Crippen LogP contribution is -2.15. The number of hydrogen-bond donors (Lipinski definition) is 8. The van der Waals surface area contributed by atoms with Gasteiger partial charge in [-0.05, 0) is 25.9 Å². The summed E-state index contributed by atoms with van der Waals surface area (Å²) in [5.41, 5.74) is 41.7. The molecule has 0 aromatic heterocycles. The van der Waals surface area contributed by atoms with Gasteiger partial charge < -0.3 is 88.5 Å². The lowest BCUT2D eigenvalue weighted by atomic mass is 10.5. The molecule has 0 rings (SSSR count). The molecule has 0 aliphatic rings. The molecule has 0 saturated heterocycles. The predicted octanol–water partition coefficient (Wildman–Crippen LogP) is -3.46. The van der Waals surface area contributed by atoms with E-state index >= 15 is 0 Å². The molecule has 0 aromatic carbocycles. The largest absolute Gasteiger partial charge is 0.379 e. The lowest BCUT2D eigenvalue weighted by Gasteiger charge is -2.06. The third-order valence-corrected chi connectivity index (χ3v) is 4.42. The Kier molecular flexibility index (Phi) is 66.9. The van der Waals surface area contributed by atoms with Gasteiger partial charge in [0.05, 0.1) is 106 Å². The summed E-state index contributed by atoms with van der Waals surface area (Å²) >= 11 is 0. The second-order valence-corrected chi connectivity index (χ2v) is 8.53. The zero-order valence-electron chi connectivity index (χ0n) is 28.1. The Labute approximate surface area is 272 Å². The van der Waals surface area contributed by atoms with Crippen molar-refractivity contribution in [1.82, 2.24) is 0 Å². The number of rotatable bonds is 33. The topological polar surface area (TPSA) is 291 Å². The minimum Gasteiger partial charge on any atom is -0.379 e. The first-order chi connectivity index (χ1) is 22.2. The van der Waals surface area contributed by atoms with Crippen molar-refractivity contribution in [1.29, 1.82) is 0 Å². The van der Waals surface area contributed by atoms with E-state index in [2.05, 4.69) is 0 Å². The van der Waals surface area contributed by atoms with Gasteiger partial charge in [0.15, 0.2) is 0 Å². The Morgan fingerprint density at radius 1 is 0.178 bits per heavy atom. The van der Waals surface area contributed by atoms with E-state index in [1.165, 1.54) is 0 Å². The van der Waals surface area contributed by atoms with Crippen LogP contribution in [0.1, 0.15) is 12.8 Å². The highest BCUT2D eigenvalue weighted by molar-refractivity contribution is 4.39. The fourth-order valence-corrected chi connectivity index (χ4v) is 2.38. The summed E-state index contributed by atoms with van der Waals surface area (Å²) in [5.74, 6) is 0. The molecular formula is C28H72N8O9. The zero-order valence-corrected chi connectivity index (χ0v) is 28.1. The van der Waals surface area contributed by atoms with E-state index in [1.807, 2.05) is 0 Å². The van der Waals surface area contributed by atoms with Gasteiger partial charge in [0.1, 0.15) is 0 Å². The van der Waals surface area contributed by atoms with Crippen molar-refractivity contribution in [3.05, 3.63) is 0 Å². The van der Waals surface area contributed by atoms with Gasteiger partial charge in [-0.25, -0.2) is 0 Å². The van der Waals surface area contributed by atoms with Gasteiger partial charge in [-0.2, -0.15) is 0 Å². The Bertz CT molecular complexity index is 411. The Hall–Kier alpha value is -0.680. The van der Waals surface area contributed by atoms with E-state index in [-0.39, 0.29) is 0 Å². The molecule has 0 aromatic rings. The Morgan fingerprint density at radius 2 is 0.333 bits per heavy atom. The molecule has 0 atom stereocenters. The minimum absolute atomic E-state index is 0.555. The van der Waals surface area contributed by atoms with E-state index in [4.69, 9.17) is 88.5 Å². The molecule has 0 aliphatic carbocycles. The van der Waals surface area contributed by atoms with Crippen molar-refractivity contribution in [3.8, 4) is 0 Å². The molecule has 0 bridgehead atoms. The van der Waals surface area contributed by atoms with Crippen molar-refractivity contribution >= 4 is 0 Å². The van der Waals surface area contributed by atoms with E-state index in [0.29, 0.717) is 171 Å². The van der Waals surface area contributed by atoms with Crippen LogP contribution in [-0.4, -0.2) is 171 Å². The van der Waals surface area contributed by atoms with Gasteiger partial charge in [-0.15, -0.1) is 0 Å². The molecule has 0 fully saturated rings. The quantitative estimate of drug-likeness (QED) is 0.0316. The molecule has 0 spiro atoms. The molecule has 17 heteroatoms. The first kappa shape index (κ1) is 51.2. The maximum Gasteiger partial charge on any atom is 0.0701 e. The zero-order chi connectivity index (χ0) is 34.2. The van der Waals surface area contributed by atoms with Crippen LogP contribution in [0.5, 0.6) is 0 Å². The average molecular weight is 665 g/mol. The van der Waals surface area contributed by atoms with Gasteiger partial charge in [0.25, 0.3) is 0 Å². The van der Waals surface area contributed by atoms with Crippen LogP contribution < -0.4 is 45.9 Å². The fourth-order valence-electron chi connectivity index (χ4n) is 2.38. The van der Waals surface area contributed by atoms with Gasteiger partial charge in [0.2, 0.25) is 0 Å². The number of nitrogens with two attached hydrogens (primary N) is 8. The van der Waals surface area contributed by atoms with Crippen LogP contribution in [0.2, 0.25) is 0 Å². The van der Waals surface area contributed by atoms with Crippen LogP contribution in [0.3, 0.4) is 0 Å². The molecule has 16 N–H and O–H groups in total. The second-order valence-electron chi connectivity index (χ2n) is 8.53. The summed E-state index contributed by atoms with van der Waals surface area (Å²) in [7, 11) is 0. The number of hydrogen-bond acceptors (Lipinski definition) is 17. The summed E-state index contributed by atoms with van der Waals surface area (Å²) in [6.07, 6.45) is 1.81. The molecule has 278 valence electrons. The van der Waals surface area contributed by atoms with Crippen LogP contribution in [0.4, 0.5) is 0 Å². The summed E-state index contributed by atoms with van der Waals surface area (Å²) in [4.78, 5) is 0. The molecule has 0 aliphatic heterocycles. The van der Waals surface area contributed by atoms with E-state index in [9.17, 15) is 0 Å². The smallest absolute Gasteiger partial charge is 0.0701 e. The Balaban J connectivity index is -0.000000258. The minimum atomic E-state index is 0.555. The third kappa shape index (κ3) is 70.8. The molecule has 0 heterocycles.